The maximum Gasteiger partial charge on any atom is 0.295 e. The van der Waals surface area contributed by atoms with Gasteiger partial charge in [0.25, 0.3) is 11.9 Å². The number of rotatable bonds is 3. The van der Waals surface area contributed by atoms with Crippen LogP contribution >= 0.6 is 11.6 Å². The third kappa shape index (κ3) is 2.73. The number of aromatic nitrogens is 2. The van der Waals surface area contributed by atoms with E-state index in [1.54, 1.807) is 12.1 Å². The average molecular weight is 345 g/mol. The van der Waals surface area contributed by atoms with Crippen molar-refractivity contribution in [3.05, 3.63) is 47.2 Å². The Kier molecular flexibility index (Phi) is 3.69. The standard InChI is InChI=1S/C17H17ClN4O2/c1-21-7-2-3-14(21)16(23)22-8-6-12(10-22)19-17-20-13-5-4-11(18)9-15(13)24-17/h2-5,7,9,12H,6,8,10H2,1H3,(H,19,20)/t12-/m1/s1. The zero-order valence-electron chi connectivity index (χ0n) is 13.2. The number of halogens is 1. The van der Waals surface area contributed by atoms with Crippen molar-refractivity contribution in [3.63, 3.8) is 0 Å². The lowest BCUT2D eigenvalue weighted by molar-refractivity contribution is 0.0782. The van der Waals surface area contributed by atoms with Crippen molar-refractivity contribution in [3.8, 4) is 0 Å². The van der Waals surface area contributed by atoms with Crippen LogP contribution in [0.4, 0.5) is 6.01 Å². The predicted molar refractivity (Wildman–Crippen MR) is 92.4 cm³/mol. The largest absolute Gasteiger partial charge is 0.423 e. The molecule has 0 saturated carbocycles. The highest BCUT2D eigenvalue weighted by atomic mass is 35.5. The lowest BCUT2D eigenvalue weighted by atomic mass is 10.3. The fraction of sp³-hybridized carbons (Fsp3) is 0.294. The number of carbonyl (C=O) groups is 1. The second-order valence-corrected chi connectivity index (χ2v) is 6.45. The van der Waals surface area contributed by atoms with Crippen LogP contribution in [0.3, 0.4) is 0 Å². The van der Waals surface area contributed by atoms with Crippen molar-refractivity contribution in [2.75, 3.05) is 18.4 Å². The van der Waals surface area contributed by atoms with Gasteiger partial charge in [-0.2, -0.15) is 4.98 Å². The van der Waals surface area contributed by atoms with Crippen LogP contribution in [-0.4, -0.2) is 39.5 Å². The molecule has 4 rings (SSSR count). The van der Waals surface area contributed by atoms with Crippen LogP contribution in [0.25, 0.3) is 11.1 Å². The van der Waals surface area contributed by atoms with E-state index in [0.717, 1.165) is 11.9 Å². The molecule has 0 aliphatic carbocycles. The molecule has 0 radical (unpaired) electrons. The minimum Gasteiger partial charge on any atom is -0.423 e. The van der Waals surface area contributed by atoms with Gasteiger partial charge in [0.2, 0.25) is 0 Å². The molecule has 0 spiro atoms. The molecule has 1 fully saturated rings. The fourth-order valence-electron chi connectivity index (χ4n) is 3.04. The first kappa shape index (κ1) is 15.1. The van der Waals surface area contributed by atoms with Crippen LogP contribution in [0.2, 0.25) is 5.02 Å². The summed E-state index contributed by atoms with van der Waals surface area (Å²) >= 11 is 5.96. The van der Waals surface area contributed by atoms with Gasteiger partial charge in [0.1, 0.15) is 11.2 Å². The zero-order valence-corrected chi connectivity index (χ0v) is 14.0. The Balaban J connectivity index is 1.44. The molecule has 3 aromatic rings. The number of hydrogen-bond acceptors (Lipinski definition) is 4. The number of oxazole rings is 1. The maximum absolute atomic E-state index is 12.5. The highest BCUT2D eigenvalue weighted by Gasteiger charge is 2.28. The monoisotopic (exact) mass is 344 g/mol. The fourth-order valence-corrected chi connectivity index (χ4v) is 3.20. The van der Waals surface area contributed by atoms with E-state index in [1.807, 2.05) is 40.9 Å². The molecule has 3 heterocycles. The van der Waals surface area contributed by atoms with Gasteiger partial charge in [0.15, 0.2) is 5.58 Å². The van der Waals surface area contributed by atoms with Gasteiger partial charge in [-0.1, -0.05) is 11.6 Å². The van der Waals surface area contributed by atoms with Crippen LogP contribution < -0.4 is 5.32 Å². The molecular formula is C17H17ClN4O2. The summed E-state index contributed by atoms with van der Waals surface area (Å²) in [6.07, 6.45) is 2.73. The molecule has 1 atom stereocenters. The summed E-state index contributed by atoms with van der Waals surface area (Å²) in [5.74, 6) is 0.0520. The van der Waals surface area contributed by atoms with E-state index < -0.39 is 0 Å². The molecule has 124 valence electrons. The molecule has 1 N–H and O–H groups in total. The summed E-state index contributed by atoms with van der Waals surface area (Å²) in [6, 6.07) is 9.66. The topological polar surface area (TPSA) is 63.3 Å². The Labute approximate surface area is 144 Å². The number of anilines is 1. The van der Waals surface area contributed by atoms with E-state index in [0.29, 0.717) is 35.4 Å². The highest BCUT2D eigenvalue weighted by molar-refractivity contribution is 6.31. The smallest absolute Gasteiger partial charge is 0.295 e. The van der Waals surface area contributed by atoms with E-state index in [-0.39, 0.29) is 11.9 Å². The average Bonchev–Trinajstić information content (AvgIpc) is 3.26. The molecule has 0 unspecified atom stereocenters. The third-order valence-electron chi connectivity index (χ3n) is 4.32. The Morgan fingerprint density at radius 1 is 1.42 bits per heavy atom. The summed E-state index contributed by atoms with van der Waals surface area (Å²) in [5.41, 5.74) is 2.11. The molecule has 24 heavy (non-hydrogen) atoms. The Bertz CT molecular complexity index is 901. The minimum absolute atomic E-state index is 0.0520. The number of benzene rings is 1. The van der Waals surface area contributed by atoms with Gasteiger partial charge in [-0.25, -0.2) is 0 Å². The Morgan fingerprint density at radius 2 is 2.29 bits per heavy atom. The van der Waals surface area contributed by atoms with Crippen molar-refractivity contribution < 1.29 is 9.21 Å². The Hall–Kier alpha value is -2.47. The van der Waals surface area contributed by atoms with Crippen molar-refractivity contribution in [1.82, 2.24) is 14.5 Å². The Morgan fingerprint density at radius 3 is 3.08 bits per heavy atom. The number of amides is 1. The van der Waals surface area contributed by atoms with E-state index in [1.165, 1.54) is 0 Å². The van der Waals surface area contributed by atoms with E-state index >= 15 is 0 Å². The number of aryl methyl sites for hydroxylation is 1. The quantitative estimate of drug-likeness (QED) is 0.792. The molecule has 0 bridgehead atoms. The number of carbonyl (C=O) groups excluding carboxylic acids is 1. The number of hydrogen-bond donors (Lipinski definition) is 1. The first-order valence-electron chi connectivity index (χ1n) is 7.83. The van der Waals surface area contributed by atoms with Gasteiger partial charge in [-0.3, -0.25) is 4.79 Å². The molecule has 1 saturated heterocycles. The summed E-state index contributed by atoms with van der Waals surface area (Å²) < 4.78 is 7.52. The van der Waals surface area contributed by atoms with Crippen LogP contribution in [0.1, 0.15) is 16.9 Å². The summed E-state index contributed by atoms with van der Waals surface area (Å²) in [7, 11) is 1.88. The van der Waals surface area contributed by atoms with Gasteiger partial charge < -0.3 is 19.2 Å². The molecule has 6 nitrogen and oxygen atoms in total. The van der Waals surface area contributed by atoms with Crippen molar-refractivity contribution >= 4 is 34.6 Å². The SMILES string of the molecule is Cn1cccc1C(=O)N1CC[C@@H](Nc2nc3ccc(Cl)cc3o2)C1. The zero-order chi connectivity index (χ0) is 16.7. The first-order valence-corrected chi connectivity index (χ1v) is 8.21. The third-order valence-corrected chi connectivity index (χ3v) is 4.55. The lowest BCUT2D eigenvalue weighted by Gasteiger charge is -2.17. The molecule has 2 aromatic heterocycles. The number of fused-ring (bicyclic) bond motifs is 1. The molecular weight excluding hydrogens is 328 g/mol. The van der Waals surface area contributed by atoms with Crippen LogP contribution in [0, 0.1) is 0 Å². The van der Waals surface area contributed by atoms with Crippen LogP contribution in [0.5, 0.6) is 0 Å². The van der Waals surface area contributed by atoms with E-state index in [4.69, 9.17) is 16.0 Å². The molecule has 1 aromatic carbocycles. The van der Waals surface area contributed by atoms with Gasteiger partial charge in [0, 0.05) is 43.5 Å². The van der Waals surface area contributed by atoms with Gasteiger partial charge in [-0.05, 0) is 30.7 Å². The van der Waals surface area contributed by atoms with E-state index in [9.17, 15) is 4.79 Å². The number of nitrogens with zero attached hydrogens (tertiary/aromatic N) is 3. The molecule has 7 heteroatoms. The van der Waals surface area contributed by atoms with Gasteiger partial charge >= 0.3 is 0 Å². The maximum atomic E-state index is 12.5. The second-order valence-electron chi connectivity index (χ2n) is 6.02. The highest BCUT2D eigenvalue weighted by Crippen LogP contribution is 2.24. The molecule has 1 amide bonds. The summed E-state index contributed by atoms with van der Waals surface area (Å²) in [6.45, 7) is 1.34. The van der Waals surface area contributed by atoms with Gasteiger partial charge in [0.05, 0.1) is 0 Å². The number of nitrogens with one attached hydrogen (secondary N) is 1. The summed E-state index contributed by atoms with van der Waals surface area (Å²) in [4.78, 5) is 18.8. The van der Waals surface area contributed by atoms with E-state index in [2.05, 4.69) is 10.3 Å². The van der Waals surface area contributed by atoms with Crippen molar-refractivity contribution in [1.29, 1.82) is 0 Å². The van der Waals surface area contributed by atoms with Crippen LogP contribution in [0.15, 0.2) is 40.9 Å². The first-order chi connectivity index (χ1) is 11.6. The summed E-state index contributed by atoms with van der Waals surface area (Å²) in [5, 5.41) is 3.89. The normalized spacial score (nSPS) is 17.6. The van der Waals surface area contributed by atoms with Gasteiger partial charge in [-0.15, -0.1) is 0 Å². The minimum atomic E-state index is 0.0520. The van der Waals surface area contributed by atoms with Crippen molar-refractivity contribution in [2.24, 2.45) is 7.05 Å². The molecule has 1 aliphatic rings. The van der Waals surface area contributed by atoms with Crippen molar-refractivity contribution in [2.45, 2.75) is 12.5 Å². The molecule has 1 aliphatic heterocycles. The van der Waals surface area contributed by atoms with Crippen LogP contribution in [-0.2, 0) is 7.05 Å². The second kappa shape index (κ2) is 5.87. The predicted octanol–water partition coefficient (Wildman–Crippen LogP) is 3.15. The number of likely N-dealkylation sites (tertiary alicyclic amines) is 1. The lowest BCUT2D eigenvalue weighted by Crippen LogP contribution is -2.32.